The zero-order chi connectivity index (χ0) is 13.8. The van der Waals surface area contributed by atoms with E-state index in [-0.39, 0.29) is 18.3 Å². The van der Waals surface area contributed by atoms with Crippen LogP contribution >= 0.6 is 0 Å². The van der Waals surface area contributed by atoms with Crippen molar-refractivity contribution in [1.82, 2.24) is 4.98 Å². The zero-order valence-electron chi connectivity index (χ0n) is 12.5. The average Bonchev–Trinajstić information content (AvgIpc) is 3.07. The highest BCUT2D eigenvalue weighted by Crippen LogP contribution is 2.40. The summed E-state index contributed by atoms with van der Waals surface area (Å²) in [6, 6.07) is 2.17. The first-order chi connectivity index (χ1) is 8.80. The van der Waals surface area contributed by atoms with Crippen molar-refractivity contribution in [1.29, 1.82) is 0 Å². The third-order valence-electron chi connectivity index (χ3n) is 4.63. The van der Waals surface area contributed by atoms with Gasteiger partial charge in [-0.1, -0.05) is 6.07 Å². The molecule has 0 bridgehead atoms. The molecule has 3 rings (SSSR count). The fraction of sp³-hybridized carbons (Fsp3) is 0.667. The molecule has 2 fully saturated rings. The molecule has 0 amide bonds. The first kappa shape index (κ1) is 13.1. The van der Waals surface area contributed by atoms with E-state index >= 15 is 0 Å². The SMILES string of the molecule is Cc1cc(B2OC(C)(C)C(C)(C)O2)cnc1C1CC1. The molecule has 1 saturated heterocycles. The van der Waals surface area contributed by atoms with Gasteiger partial charge in [0, 0.05) is 23.3 Å². The minimum Gasteiger partial charge on any atom is -0.399 e. The smallest absolute Gasteiger partial charge is 0.399 e. The van der Waals surface area contributed by atoms with Crippen LogP contribution in [-0.4, -0.2) is 23.3 Å². The lowest BCUT2D eigenvalue weighted by Crippen LogP contribution is -2.41. The molecule has 1 saturated carbocycles. The number of rotatable bonds is 2. The van der Waals surface area contributed by atoms with Crippen LogP contribution in [0.15, 0.2) is 12.3 Å². The molecule has 2 heterocycles. The predicted octanol–water partition coefficient (Wildman–Crippen LogP) is 2.57. The lowest BCUT2D eigenvalue weighted by Gasteiger charge is -2.32. The largest absolute Gasteiger partial charge is 0.496 e. The van der Waals surface area contributed by atoms with E-state index in [4.69, 9.17) is 9.31 Å². The highest BCUT2D eigenvalue weighted by atomic mass is 16.7. The van der Waals surface area contributed by atoms with Crippen molar-refractivity contribution < 1.29 is 9.31 Å². The molecule has 1 aliphatic heterocycles. The van der Waals surface area contributed by atoms with Gasteiger partial charge >= 0.3 is 7.12 Å². The van der Waals surface area contributed by atoms with E-state index in [1.165, 1.54) is 24.1 Å². The molecule has 3 nitrogen and oxygen atoms in total. The Bertz CT molecular complexity index is 493. The molecule has 0 aromatic carbocycles. The maximum Gasteiger partial charge on any atom is 0.496 e. The van der Waals surface area contributed by atoms with Gasteiger partial charge in [0.25, 0.3) is 0 Å². The van der Waals surface area contributed by atoms with Crippen molar-refractivity contribution in [3.63, 3.8) is 0 Å². The quantitative estimate of drug-likeness (QED) is 0.765. The molecule has 0 unspecified atom stereocenters. The van der Waals surface area contributed by atoms with Crippen LogP contribution in [0.5, 0.6) is 0 Å². The third-order valence-corrected chi connectivity index (χ3v) is 4.63. The summed E-state index contributed by atoms with van der Waals surface area (Å²) in [5.74, 6) is 0.687. The Hall–Kier alpha value is -0.865. The van der Waals surface area contributed by atoms with E-state index < -0.39 is 0 Å². The lowest BCUT2D eigenvalue weighted by atomic mass is 9.79. The van der Waals surface area contributed by atoms with Crippen LogP contribution in [-0.2, 0) is 9.31 Å². The van der Waals surface area contributed by atoms with Crippen LogP contribution in [0.1, 0.15) is 57.7 Å². The van der Waals surface area contributed by atoms with Gasteiger partial charge in [-0.2, -0.15) is 0 Å². The Morgan fingerprint density at radius 1 is 1.16 bits per heavy atom. The van der Waals surface area contributed by atoms with Gasteiger partial charge in [0.15, 0.2) is 0 Å². The van der Waals surface area contributed by atoms with Gasteiger partial charge in [-0.15, -0.1) is 0 Å². The number of nitrogens with zero attached hydrogens (tertiary/aromatic N) is 1. The molecule has 0 N–H and O–H groups in total. The van der Waals surface area contributed by atoms with E-state index in [0.717, 1.165) is 5.46 Å². The Morgan fingerprint density at radius 3 is 2.21 bits per heavy atom. The monoisotopic (exact) mass is 259 g/mol. The molecule has 2 aliphatic rings. The van der Waals surface area contributed by atoms with Gasteiger partial charge in [-0.05, 0) is 53.0 Å². The third kappa shape index (κ3) is 2.21. The maximum atomic E-state index is 6.06. The van der Waals surface area contributed by atoms with Crippen LogP contribution in [0.25, 0.3) is 0 Å². The van der Waals surface area contributed by atoms with E-state index in [1.807, 2.05) is 6.20 Å². The van der Waals surface area contributed by atoms with Crippen molar-refractivity contribution in [3.05, 3.63) is 23.5 Å². The van der Waals surface area contributed by atoms with Crippen molar-refractivity contribution >= 4 is 12.6 Å². The molecule has 0 atom stereocenters. The fourth-order valence-electron chi connectivity index (χ4n) is 2.50. The highest BCUT2D eigenvalue weighted by Gasteiger charge is 2.51. The normalized spacial score (nSPS) is 24.8. The number of hydrogen-bond donors (Lipinski definition) is 0. The Labute approximate surface area is 115 Å². The van der Waals surface area contributed by atoms with Crippen LogP contribution in [0.2, 0.25) is 0 Å². The summed E-state index contributed by atoms with van der Waals surface area (Å²) in [6.45, 7) is 10.4. The molecule has 102 valence electrons. The molecule has 1 aliphatic carbocycles. The van der Waals surface area contributed by atoms with Gasteiger partial charge in [0.1, 0.15) is 0 Å². The van der Waals surface area contributed by atoms with Gasteiger partial charge < -0.3 is 9.31 Å². The number of aromatic nitrogens is 1. The van der Waals surface area contributed by atoms with Gasteiger partial charge in [0.05, 0.1) is 11.2 Å². The standard InChI is InChI=1S/C15H22BNO2/c1-10-8-12(9-17-13(10)11-6-7-11)16-18-14(2,3)15(4,5)19-16/h8-9,11H,6-7H2,1-5H3. The van der Waals surface area contributed by atoms with Crippen LogP contribution < -0.4 is 5.46 Å². The molecule has 1 aromatic rings. The summed E-state index contributed by atoms with van der Waals surface area (Å²) in [6.07, 6.45) is 4.48. The number of pyridine rings is 1. The van der Waals surface area contributed by atoms with Crippen LogP contribution in [0, 0.1) is 6.92 Å². The summed E-state index contributed by atoms with van der Waals surface area (Å²) in [4.78, 5) is 4.62. The molecule has 4 heteroatoms. The van der Waals surface area contributed by atoms with Crippen molar-refractivity contribution in [3.8, 4) is 0 Å². The van der Waals surface area contributed by atoms with Crippen molar-refractivity contribution in [2.75, 3.05) is 0 Å². The van der Waals surface area contributed by atoms with Gasteiger partial charge in [-0.25, -0.2) is 0 Å². The molecular formula is C15H22BNO2. The first-order valence-corrected chi connectivity index (χ1v) is 7.12. The van der Waals surface area contributed by atoms with E-state index in [9.17, 15) is 0 Å². The van der Waals surface area contributed by atoms with E-state index in [1.54, 1.807) is 0 Å². The Kier molecular flexibility index (Phi) is 2.81. The second-order valence-electron chi connectivity index (χ2n) is 6.83. The number of aryl methyl sites for hydroxylation is 1. The topological polar surface area (TPSA) is 31.4 Å². The van der Waals surface area contributed by atoms with E-state index in [0.29, 0.717) is 5.92 Å². The summed E-state index contributed by atoms with van der Waals surface area (Å²) >= 11 is 0. The van der Waals surface area contributed by atoms with Gasteiger partial charge in [-0.3, -0.25) is 4.98 Å². The summed E-state index contributed by atoms with van der Waals surface area (Å²) in [5.41, 5.74) is 2.96. The summed E-state index contributed by atoms with van der Waals surface area (Å²) in [5, 5.41) is 0. The molecule has 0 spiro atoms. The average molecular weight is 259 g/mol. The number of hydrogen-bond acceptors (Lipinski definition) is 3. The fourth-order valence-corrected chi connectivity index (χ4v) is 2.50. The molecule has 19 heavy (non-hydrogen) atoms. The predicted molar refractivity (Wildman–Crippen MR) is 76.7 cm³/mol. The Morgan fingerprint density at radius 2 is 1.74 bits per heavy atom. The van der Waals surface area contributed by atoms with Crippen LogP contribution in [0.4, 0.5) is 0 Å². The molecule has 0 radical (unpaired) electrons. The maximum absolute atomic E-state index is 6.06. The second-order valence-corrected chi connectivity index (χ2v) is 6.83. The highest BCUT2D eigenvalue weighted by molar-refractivity contribution is 6.62. The van der Waals surface area contributed by atoms with Crippen molar-refractivity contribution in [2.45, 2.75) is 64.6 Å². The van der Waals surface area contributed by atoms with Crippen LogP contribution in [0.3, 0.4) is 0 Å². The van der Waals surface area contributed by atoms with Crippen molar-refractivity contribution in [2.24, 2.45) is 0 Å². The zero-order valence-corrected chi connectivity index (χ0v) is 12.5. The first-order valence-electron chi connectivity index (χ1n) is 7.12. The minimum absolute atomic E-state index is 0.291. The summed E-state index contributed by atoms with van der Waals surface area (Å²) < 4.78 is 12.1. The minimum atomic E-state index is -0.301. The second kappa shape index (κ2) is 4.06. The Balaban J connectivity index is 1.86. The summed E-state index contributed by atoms with van der Waals surface area (Å²) in [7, 11) is -0.301. The lowest BCUT2D eigenvalue weighted by molar-refractivity contribution is 0.00578. The molecule has 1 aromatic heterocycles. The van der Waals surface area contributed by atoms with Gasteiger partial charge in [0.2, 0.25) is 0 Å². The van der Waals surface area contributed by atoms with E-state index in [2.05, 4.69) is 45.7 Å². The molecular weight excluding hydrogens is 237 g/mol.